The number of rotatable bonds is 2. The molecule has 2 fully saturated rings. The number of hydrogen-bond donors (Lipinski definition) is 0. The third-order valence-electron chi connectivity index (χ3n) is 5.04. The molecule has 0 spiro atoms. The van der Waals surface area contributed by atoms with Crippen molar-refractivity contribution < 1.29 is 28.6 Å². The van der Waals surface area contributed by atoms with Crippen LogP contribution in [0.25, 0.3) is 0 Å². The van der Waals surface area contributed by atoms with Crippen molar-refractivity contribution in [3.63, 3.8) is 0 Å². The van der Waals surface area contributed by atoms with Crippen LogP contribution >= 0.6 is 0 Å². The van der Waals surface area contributed by atoms with Gasteiger partial charge < -0.3 is 14.2 Å². The number of fused-ring (bicyclic) bond motifs is 2. The average molecular weight is 358 g/mol. The smallest absolute Gasteiger partial charge is 0.338 e. The molecule has 0 amide bonds. The number of carbonyl (C=O) groups is 3. The van der Waals surface area contributed by atoms with Gasteiger partial charge in [-0.3, -0.25) is 0 Å². The average Bonchev–Trinajstić information content (AvgIpc) is 2.87. The number of ether oxygens (including phenoxy) is 3. The molecule has 4 atom stereocenters. The SMILES string of the molecule is C=C1C(=O)OC2C=C(C)CCC=C3C(=O)OC3C(OC(=O)C(C)=CC)C12. The molecule has 2 heterocycles. The lowest BCUT2D eigenvalue weighted by atomic mass is 9.81. The number of carbonyl (C=O) groups excluding carboxylic acids is 3. The van der Waals surface area contributed by atoms with Crippen LogP contribution in [0.1, 0.15) is 33.6 Å². The highest BCUT2D eigenvalue weighted by Gasteiger charge is 2.53. The maximum absolute atomic E-state index is 12.4. The Balaban J connectivity index is 2.03. The fraction of sp³-hybridized carbons (Fsp3) is 0.450. The summed E-state index contributed by atoms with van der Waals surface area (Å²) in [6.07, 6.45) is 4.52. The predicted molar refractivity (Wildman–Crippen MR) is 92.8 cm³/mol. The van der Waals surface area contributed by atoms with Crippen molar-refractivity contribution in [3.8, 4) is 0 Å². The van der Waals surface area contributed by atoms with E-state index >= 15 is 0 Å². The van der Waals surface area contributed by atoms with Gasteiger partial charge in [0.05, 0.1) is 11.5 Å². The van der Waals surface area contributed by atoms with E-state index in [9.17, 15) is 14.4 Å². The normalized spacial score (nSPS) is 31.5. The standard InChI is InChI=1S/C20H22O6/c1-5-11(3)18(21)26-17-15-12(4)19(22)24-14(15)9-10(2)7-6-8-13-16(17)25-20(13)23/h5,8-9,14-17H,4,6-7H2,1-3H3. The minimum Gasteiger partial charge on any atom is -0.454 e. The van der Waals surface area contributed by atoms with Crippen molar-refractivity contribution in [3.05, 3.63) is 47.1 Å². The summed E-state index contributed by atoms with van der Waals surface area (Å²) in [4.78, 5) is 36.4. The molecule has 4 unspecified atom stereocenters. The van der Waals surface area contributed by atoms with E-state index in [4.69, 9.17) is 14.2 Å². The molecule has 0 aromatic rings. The second-order valence-corrected chi connectivity index (χ2v) is 6.80. The molecule has 1 aliphatic carbocycles. The first-order chi connectivity index (χ1) is 12.3. The van der Waals surface area contributed by atoms with E-state index in [1.54, 1.807) is 19.9 Å². The first kappa shape index (κ1) is 18.2. The van der Waals surface area contributed by atoms with Crippen LogP contribution in [-0.4, -0.2) is 36.2 Å². The van der Waals surface area contributed by atoms with Crippen molar-refractivity contribution in [2.75, 3.05) is 0 Å². The Labute approximate surface area is 152 Å². The second kappa shape index (κ2) is 6.94. The monoisotopic (exact) mass is 358 g/mol. The summed E-state index contributed by atoms with van der Waals surface area (Å²) >= 11 is 0. The van der Waals surface area contributed by atoms with E-state index in [1.807, 2.05) is 19.1 Å². The molecule has 0 saturated carbocycles. The lowest BCUT2D eigenvalue weighted by Crippen LogP contribution is -2.52. The number of hydrogen-bond acceptors (Lipinski definition) is 6. The van der Waals surface area contributed by atoms with E-state index in [0.717, 1.165) is 12.0 Å². The minimum absolute atomic E-state index is 0.220. The Morgan fingerprint density at radius 2 is 2.04 bits per heavy atom. The second-order valence-electron chi connectivity index (χ2n) is 6.80. The van der Waals surface area contributed by atoms with Gasteiger partial charge in [0, 0.05) is 11.1 Å². The van der Waals surface area contributed by atoms with Crippen LogP contribution in [-0.2, 0) is 28.6 Å². The lowest BCUT2D eigenvalue weighted by Gasteiger charge is -2.38. The Hall–Kier alpha value is -2.63. The van der Waals surface area contributed by atoms with Gasteiger partial charge in [-0.05, 0) is 39.7 Å². The molecule has 0 N–H and O–H groups in total. The maximum Gasteiger partial charge on any atom is 0.338 e. The highest BCUT2D eigenvalue weighted by Crippen LogP contribution is 2.40. The molecule has 2 aliphatic heterocycles. The van der Waals surface area contributed by atoms with Gasteiger partial charge in [-0.25, -0.2) is 14.4 Å². The molecule has 3 rings (SSSR count). The van der Waals surface area contributed by atoms with Gasteiger partial charge in [-0.15, -0.1) is 0 Å². The van der Waals surface area contributed by atoms with E-state index < -0.39 is 42.1 Å². The van der Waals surface area contributed by atoms with Gasteiger partial charge in [-0.1, -0.05) is 24.3 Å². The highest BCUT2D eigenvalue weighted by atomic mass is 16.6. The largest absolute Gasteiger partial charge is 0.454 e. The van der Waals surface area contributed by atoms with Gasteiger partial charge in [0.2, 0.25) is 0 Å². The fourth-order valence-corrected chi connectivity index (χ4v) is 3.36. The number of esters is 3. The Kier molecular flexibility index (Phi) is 4.85. The highest BCUT2D eigenvalue weighted by molar-refractivity contribution is 5.97. The van der Waals surface area contributed by atoms with Crippen LogP contribution in [0.3, 0.4) is 0 Å². The van der Waals surface area contributed by atoms with Crippen molar-refractivity contribution >= 4 is 17.9 Å². The van der Waals surface area contributed by atoms with Crippen LogP contribution in [0.5, 0.6) is 0 Å². The molecule has 138 valence electrons. The summed E-state index contributed by atoms with van der Waals surface area (Å²) in [6, 6.07) is 0. The van der Waals surface area contributed by atoms with E-state index in [0.29, 0.717) is 17.6 Å². The molecule has 0 aromatic carbocycles. The van der Waals surface area contributed by atoms with Crippen molar-refractivity contribution in [1.29, 1.82) is 0 Å². The summed E-state index contributed by atoms with van der Waals surface area (Å²) in [5.41, 5.74) is 2.15. The van der Waals surface area contributed by atoms with E-state index in [-0.39, 0.29) is 5.57 Å². The minimum atomic E-state index is -0.868. The summed E-state index contributed by atoms with van der Waals surface area (Å²) < 4.78 is 16.4. The van der Waals surface area contributed by atoms with Gasteiger partial charge >= 0.3 is 17.9 Å². The summed E-state index contributed by atoms with van der Waals surface area (Å²) in [7, 11) is 0. The van der Waals surface area contributed by atoms with E-state index in [2.05, 4.69) is 6.58 Å². The summed E-state index contributed by atoms with van der Waals surface area (Å²) in [6.45, 7) is 9.13. The molecule has 3 aliphatic rings. The Morgan fingerprint density at radius 3 is 2.69 bits per heavy atom. The molecule has 0 radical (unpaired) electrons. The predicted octanol–water partition coefficient (Wildman–Crippen LogP) is 2.55. The van der Waals surface area contributed by atoms with Crippen LogP contribution in [0, 0.1) is 5.92 Å². The van der Waals surface area contributed by atoms with Gasteiger partial charge in [-0.2, -0.15) is 0 Å². The van der Waals surface area contributed by atoms with Gasteiger partial charge in [0.25, 0.3) is 0 Å². The lowest BCUT2D eigenvalue weighted by molar-refractivity contribution is -0.178. The molecule has 0 aromatic heterocycles. The zero-order valence-corrected chi connectivity index (χ0v) is 15.1. The number of allylic oxidation sites excluding steroid dienone is 3. The molecule has 6 heteroatoms. The molecule has 26 heavy (non-hydrogen) atoms. The Morgan fingerprint density at radius 1 is 1.31 bits per heavy atom. The fourth-order valence-electron chi connectivity index (χ4n) is 3.36. The van der Waals surface area contributed by atoms with Crippen molar-refractivity contribution in [2.24, 2.45) is 5.92 Å². The topological polar surface area (TPSA) is 78.9 Å². The molecule has 6 nitrogen and oxygen atoms in total. The first-order valence-corrected chi connectivity index (χ1v) is 8.65. The molecule has 2 saturated heterocycles. The van der Waals surface area contributed by atoms with Crippen LogP contribution in [0.4, 0.5) is 0 Å². The zero-order chi connectivity index (χ0) is 19.0. The molecule has 0 bridgehead atoms. The Bertz CT molecular complexity index is 769. The summed E-state index contributed by atoms with van der Waals surface area (Å²) in [5, 5.41) is 0. The third kappa shape index (κ3) is 3.11. The van der Waals surface area contributed by atoms with E-state index in [1.165, 1.54) is 0 Å². The van der Waals surface area contributed by atoms with Crippen molar-refractivity contribution in [2.45, 2.75) is 51.9 Å². The molecular weight excluding hydrogens is 336 g/mol. The zero-order valence-electron chi connectivity index (χ0n) is 15.1. The van der Waals surface area contributed by atoms with Crippen LogP contribution < -0.4 is 0 Å². The first-order valence-electron chi connectivity index (χ1n) is 8.65. The van der Waals surface area contributed by atoms with Gasteiger partial charge in [0.15, 0.2) is 12.2 Å². The third-order valence-corrected chi connectivity index (χ3v) is 5.04. The molecular formula is C20H22O6. The van der Waals surface area contributed by atoms with Crippen LogP contribution in [0.15, 0.2) is 47.1 Å². The van der Waals surface area contributed by atoms with Gasteiger partial charge in [0.1, 0.15) is 6.10 Å². The quantitative estimate of drug-likeness (QED) is 0.327. The summed E-state index contributed by atoms with van der Waals surface area (Å²) in [5.74, 6) is -2.08. The maximum atomic E-state index is 12.4. The van der Waals surface area contributed by atoms with Crippen LogP contribution in [0.2, 0.25) is 0 Å². The van der Waals surface area contributed by atoms with Crippen molar-refractivity contribution in [1.82, 2.24) is 0 Å².